The highest BCUT2D eigenvalue weighted by atomic mass is 35.5. The van der Waals surface area contributed by atoms with Crippen molar-refractivity contribution >= 4 is 23.2 Å². The summed E-state index contributed by atoms with van der Waals surface area (Å²) in [6.07, 6.45) is 0. The molecule has 0 saturated carbocycles. The van der Waals surface area contributed by atoms with E-state index in [2.05, 4.69) is 15.3 Å². The second-order valence-corrected chi connectivity index (χ2v) is 4.08. The SMILES string of the molecule is COCc1cc(Cl)nc(Nc2ccc(F)cc2F)n1. The first-order valence-corrected chi connectivity index (χ1v) is 5.71. The molecule has 2 rings (SSSR count). The van der Waals surface area contributed by atoms with E-state index in [1.54, 1.807) is 0 Å². The second kappa shape index (κ2) is 5.90. The molecule has 1 aromatic heterocycles. The predicted octanol–water partition coefficient (Wildman–Crippen LogP) is 3.30. The van der Waals surface area contributed by atoms with E-state index in [1.807, 2.05) is 0 Å². The van der Waals surface area contributed by atoms with Gasteiger partial charge in [0.05, 0.1) is 18.0 Å². The van der Waals surface area contributed by atoms with Gasteiger partial charge in [0, 0.05) is 13.2 Å². The minimum Gasteiger partial charge on any atom is -0.378 e. The first-order chi connectivity index (χ1) is 9.08. The summed E-state index contributed by atoms with van der Waals surface area (Å²) >= 11 is 5.82. The summed E-state index contributed by atoms with van der Waals surface area (Å²) < 4.78 is 31.2. The lowest BCUT2D eigenvalue weighted by Crippen LogP contribution is -2.03. The van der Waals surface area contributed by atoms with Gasteiger partial charge in [-0.2, -0.15) is 0 Å². The van der Waals surface area contributed by atoms with Crippen LogP contribution in [0.15, 0.2) is 24.3 Å². The molecule has 0 spiro atoms. The van der Waals surface area contributed by atoms with E-state index in [9.17, 15) is 8.78 Å². The molecule has 0 unspecified atom stereocenters. The summed E-state index contributed by atoms with van der Waals surface area (Å²) in [4.78, 5) is 7.99. The third-order valence-electron chi connectivity index (χ3n) is 2.22. The molecular formula is C12H10ClF2N3O. The molecule has 1 N–H and O–H groups in total. The summed E-state index contributed by atoms with van der Waals surface area (Å²) in [5, 5.41) is 2.84. The van der Waals surface area contributed by atoms with Crippen LogP contribution in [0.1, 0.15) is 5.69 Å². The van der Waals surface area contributed by atoms with Crippen LogP contribution in [0.5, 0.6) is 0 Å². The Balaban J connectivity index is 2.27. The summed E-state index contributed by atoms with van der Waals surface area (Å²) in [5.41, 5.74) is 0.611. The molecule has 1 aromatic carbocycles. The number of hydrogen-bond acceptors (Lipinski definition) is 4. The molecule has 1 heterocycles. The van der Waals surface area contributed by atoms with Crippen molar-refractivity contribution in [3.8, 4) is 0 Å². The van der Waals surface area contributed by atoms with Crippen molar-refractivity contribution in [3.63, 3.8) is 0 Å². The van der Waals surface area contributed by atoms with Crippen molar-refractivity contribution in [3.05, 3.63) is 46.7 Å². The second-order valence-electron chi connectivity index (χ2n) is 3.69. The van der Waals surface area contributed by atoms with Gasteiger partial charge in [-0.05, 0) is 18.2 Å². The first-order valence-electron chi connectivity index (χ1n) is 5.33. The van der Waals surface area contributed by atoms with Crippen molar-refractivity contribution in [1.82, 2.24) is 9.97 Å². The van der Waals surface area contributed by atoms with Crippen LogP contribution in [0.2, 0.25) is 5.15 Å². The molecule has 0 bridgehead atoms. The van der Waals surface area contributed by atoms with Gasteiger partial charge in [-0.1, -0.05) is 11.6 Å². The minimum absolute atomic E-state index is 0.0621. The average Bonchev–Trinajstić information content (AvgIpc) is 2.32. The lowest BCUT2D eigenvalue weighted by molar-refractivity contribution is 0.181. The van der Waals surface area contributed by atoms with Gasteiger partial charge < -0.3 is 10.1 Å². The Kier molecular flexibility index (Phi) is 4.24. The molecule has 0 atom stereocenters. The number of hydrogen-bond donors (Lipinski definition) is 1. The number of ether oxygens (including phenoxy) is 1. The fourth-order valence-corrected chi connectivity index (χ4v) is 1.66. The molecule has 2 aromatic rings. The maximum atomic E-state index is 13.5. The molecule has 0 amide bonds. The van der Waals surface area contributed by atoms with E-state index in [0.717, 1.165) is 12.1 Å². The number of rotatable bonds is 4. The Morgan fingerprint density at radius 3 is 2.74 bits per heavy atom. The molecule has 7 heteroatoms. The third kappa shape index (κ3) is 3.59. The van der Waals surface area contributed by atoms with E-state index in [0.29, 0.717) is 5.69 Å². The van der Waals surface area contributed by atoms with Crippen LogP contribution >= 0.6 is 11.6 Å². The van der Waals surface area contributed by atoms with Crippen LogP contribution in [-0.4, -0.2) is 17.1 Å². The zero-order valence-electron chi connectivity index (χ0n) is 9.95. The Morgan fingerprint density at radius 1 is 1.26 bits per heavy atom. The van der Waals surface area contributed by atoms with Crippen LogP contribution in [-0.2, 0) is 11.3 Å². The Labute approximate surface area is 113 Å². The van der Waals surface area contributed by atoms with Crippen molar-refractivity contribution in [2.24, 2.45) is 0 Å². The molecule has 0 fully saturated rings. The van der Waals surface area contributed by atoms with Gasteiger partial charge in [0.25, 0.3) is 0 Å². The topological polar surface area (TPSA) is 47.0 Å². The Hall–Kier alpha value is -1.79. The number of anilines is 2. The first kappa shape index (κ1) is 13.6. The van der Waals surface area contributed by atoms with Crippen LogP contribution in [0, 0.1) is 11.6 Å². The van der Waals surface area contributed by atoms with Crippen molar-refractivity contribution < 1.29 is 13.5 Å². The quantitative estimate of drug-likeness (QED) is 0.876. The molecule has 0 radical (unpaired) electrons. The van der Waals surface area contributed by atoms with Crippen LogP contribution in [0.4, 0.5) is 20.4 Å². The molecule has 19 heavy (non-hydrogen) atoms. The fourth-order valence-electron chi connectivity index (χ4n) is 1.45. The lowest BCUT2D eigenvalue weighted by atomic mass is 10.3. The minimum atomic E-state index is -0.739. The van der Waals surface area contributed by atoms with Gasteiger partial charge in [0.2, 0.25) is 5.95 Å². The fraction of sp³-hybridized carbons (Fsp3) is 0.167. The monoisotopic (exact) mass is 285 g/mol. The predicted molar refractivity (Wildman–Crippen MR) is 67.4 cm³/mol. The molecule has 0 aliphatic carbocycles. The number of nitrogens with one attached hydrogen (secondary N) is 1. The average molecular weight is 286 g/mol. The van der Waals surface area contributed by atoms with Crippen molar-refractivity contribution in [1.29, 1.82) is 0 Å². The highest BCUT2D eigenvalue weighted by Gasteiger charge is 2.08. The highest BCUT2D eigenvalue weighted by Crippen LogP contribution is 2.20. The van der Waals surface area contributed by atoms with Crippen LogP contribution in [0.25, 0.3) is 0 Å². The maximum Gasteiger partial charge on any atom is 0.229 e. The van der Waals surface area contributed by atoms with E-state index in [1.165, 1.54) is 19.2 Å². The summed E-state index contributed by atoms with van der Waals surface area (Å²) in [7, 11) is 1.52. The van der Waals surface area contributed by atoms with Crippen molar-refractivity contribution in [2.75, 3.05) is 12.4 Å². The van der Waals surface area contributed by atoms with Gasteiger partial charge in [-0.25, -0.2) is 18.7 Å². The zero-order chi connectivity index (χ0) is 13.8. The van der Waals surface area contributed by atoms with Gasteiger partial charge in [0.15, 0.2) is 0 Å². The third-order valence-corrected chi connectivity index (χ3v) is 2.41. The Bertz CT molecular complexity index is 595. The van der Waals surface area contributed by atoms with E-state index in [-0.39, 0.29) is 23.4 Å². The van der Waals surface area contributed by atoms with E-state index < -0.39 is 11.6 Å². The number of benzene rings is 1. The number of methoxy groups -OCH3 is 1. The normalized spacial score (nSPS) is 10.5. The molecule has 0 aliphatic heterocycles. The zero-order valence-corrected chi connectivity index (χ0v) is 10.7. The molecular weight excluding hydrogens is 276 g/mol. The van der Waals surface area contributed by atoms with E-state index in [4.69, 9.17) is 16.3 Å². The number of nitrogens with zero attached hydrogens (tertiary/aromatic N) is 2. The molecule has 0 saturated heterocycles. The number of halogens is 3. The van der Waals surface area contributed by atoms with Crippen LogP contribution < -0.4 is 5.32 Å². The van der Waals surface area contributed by atoms with Gasteiger partial charge in [0.1, 0.15) is 16.8 Å². The van der Waals surface area contributed by atoms with Crippen molar-refractivity contribution in [2.45, 2.75) is 6.61 Å². The van der Waals surface area contributed by atoms with Gasteiger partial charge in [-0.3, -0.25) is 0 Å². The lowest BCUT2D eigenvalue weighted by Gasteiger charge is -2.08. The molecule has 0 aliphatic rings. The summed E-state index contributed by atoms with van der Waals surface area (Å²) in [5.74, 6) is -1.28. The molecule has 100 valence electrons. The summed E-state index contributed by atoms with van der Waals surface area (Å²) in [6, 6.07) is 4.69. The van der Waals surface area contributed by atoms with Crippen LogP contribution in [0.3, 0.4) is 0 Å². The standard InChI is InChI=1S/C12H10ClF2N3O/c1-19-6-8-5-11(13)18-12(16-8)17-10-3-2-7(14)4-9(10)15/h2-5H,6H2,1H3,(H,16,17,18). The highest BCUT2D eigenvalue weighted by molar-refractivity contribution is 6.29. The molecule has 4 nitrogen and oxygen atoms in total. The van der Waals surface area contributed by atoms with E-state index >= 15 is 0 Å². The largest absolute Gasteiger partial charge is 0.378 e. The van der Waals surface area contributed by atoms with Gasteiger partial charge in [-0.15, -0.1) is 0 Å². The maximum absolute atomic E-state index is 13.5. The van der Waals surface area contributed by atoms with Gasteiger partial charge >= 0.3 is 0 Å². The Morgan fingerprint density at radius 2 is 2.05 bits per heavy atom. The number of aromatic nitrogens is 2. The summed E-state index contributed by atoms with van der Waals surface area (Å²) in [6.45, 7) is 0.253. The smallest absolute Gasteiger partial charge is 0.229 e.